The molecule has 0 aliphatic carbocycles. The van der Waals surface area contributed by atoms with Crippen LogP contribution in [0.5, 0.6) is 5.75 Å². The van der Waals surface area contributed by atoms with Gasteiger partial charge in [0.1, 0.15) is 5.75 Å². The molecule has 0 heterocycles. The van der Waals surface area contributed by atoms with Gasteiger partial charge in [0.05, 0.1) is 7.11 Å². The van der Waals surface area contributed by atoms with Gasteiger partial charge < -0.3 is 4.74 Å². The monoisotopic (exact) mass is 264 g/mol. The molecule has 3 aromatic rings. The van der Waals surface area contributed by atoms with E-state index >= 15 is 0 Å². The molecule has 0 saturated carbocycles. The van der Waals surface area contributed by atoms with Gasteiger partial charge in [-0.2, -0.15) is 0 Å². The van der Waals surface area contributed by atoms with Crippen molar-refractivity contribution >= 4 is 10.8 Å². The highest BCUT2D eigenvalue weighted by Gasteiger charge is 2.00. The predicted molar refractivity (Wildman–Crippen MR) is 87.3 cm³/mol. The van der Waals surface area contributed by atoms with Gasteiger partial charge in [-0.05, 0) is 40.1 Å². The number of benzene rings is 3. The lowest BCUT2D eigenvalue weighted by molar-refractivity contribution is 0.415. The van der Waals surface area contributed by atoms with Crippen molar-refractivity contribution < 1.29 is 4.74 Å². The molecule has 0 bridgehead atoms. The second-order valence-corrected chi connectivity index (χ2v) is 4.29. The van der Waals surface area contributed by atoms with E-state index in [1.807, 2.05) is 26.0 Å². The zero-order valence-electron chi connectivity index (χ0n) is 12.3. The number of rotatable bonds is 2. The summed E-state index contributed by atoms with van der Waals surface area (Å²) in [6.07, 6.45) is 0. The number of ether oxygens (including phenoxy) is 1. The van der Waals surface area contributed by atoms with E-state index < -0.39 is 0 Å². The fourth-order valence-corrected chi connectivity index (χ4v) is 2.16. The molecule has 0 spiro atoms. The molecule has 1 nitrogen and oxygen atoms in total. The molecule has 0 aliphatic rings. The maximum absolute atomic E-state index is 5.24. The summed E-state index contributed by atoms with van der Waals surface area (Å²) in [5.74, 6) is 0.898. The molecule has 0 radical (unpaired) electrons. The summed E-state index contributed by atoms with van der Waals surface area (Å²) < 4.78 is 5.24. The molecule has 0 aliphatic heterocycles. The number of hydrogen-bond acceptors (Lipinski definition) is 1. The summed E-state index contributed by atoms with van der Waals surface area (Å²) in [5.41, 5.74) is 2.49. The van der Waals surface area contributed by atoms with Crippen LogP contribution in [0.3, 0.4) is 0 Å². The van der Waals surface area contributed by atoms with Crippen LogP contribution in [0.4, 0.5) is 0 Å². The smallest absolute Gasteiger partial charge is 0.119 e. The van der Waals surface area contributed by atoms with Gasteiger partial charge in [0.2, 0.25) is 0 Å². The third-order valence-corrected chi connectivity index (χ3v) is 3.15. The number of methoxy groups -OCH3 is 1. The molecule has 20 heavy (non-hydrogen) atoms. The van der Waals surface area contributed by atoms with Gasteiger partial charge in [-0.15, -0.1) is 0 Å². The molecule has 0 unspecified atom stereocenters. The van der Waals surface area contributed by atoms with Crippen molar-refractivity contribution in [1.82, 2.24) is 0 Å². The predicted octanol–water partition coefficient (Wildman–Crippen LogP) is 5.54. The summed E-state index contributed by atoms with van der Waals surface area (Å²) in [6, 6.07) is 23.1. The Bertz CT molecular complexity index is 672. The second-order valence-electron chi connectivity index (χ2n) is 4.29. The quantitative estimate of drug-likeness (QED) is 0.590. The first kappa shape index (κ1) is 14.1. The van der Waals surface area contributed by atoms with Gasteiger partial charge in [-0.25, -0.2) is 0 Å². The SMILES string of the molecule is CC.COc1ccc2cc(-c3ccccc3)ccc2c1. The van der Waals surface area contributed by atoms with Gasteiger partial charge in [0.15, 0.2) is 0 Å². The van der Waals surface area contributed by atoms with Gasteiger partial charge in [-0.3, -0.25) is 0 Å². The van der Waals surface area contributed by atoms with Crippen LogP contribution < -0.4 is 4.74 Å². The maximum Gasteiger partial charge on any atom is 0.119 e. The highest BCUT2D eigenvalue weighted by atomic mass is 16.5. The fraction of sp³-hybridized carbons (Fsp3) is 0.158. The van der Waals surface area contributed by atoms with Crippen molar-refractivity contribution in [3.05, 3.63) is 66.7 Å². The topological polar surface area (TPSA) is 9.23 Å². The van der Waals surface area contributed by atoms with Gasteiger partial charge in [-0.1, -0.05) is 62.4 Å². The van der Waals surface area contributed by atoms with Crippen molar-refractivity contribution in [3.8, 4) is 16.9 Å². The molecule has 0 N–H and O–H groups in total. The van der Waals surface area contributed by atoms with Crippen LogP contribution in [-0.4, -0.2) is 7.11 Å². The molecule has 0 fully saturated rings. The van der Waals surface area contributed by atoms with Crippen LogP contribution in [0.2, 0.25) is 0 Å². The molecule has 1 heteroatoms. The Morgan fingerprint density at radius 2 is 1.30 bits per heavy atom. The van der Waals surface area contributed by atoms with E-state index in [1.165, 1.54) is 21.9 Å². The molecule has 0 amide bonds. The summed E-state index contributed by atoms with van der Waals surface area (Å²) in [7, 11) is 1.69. The Labute approximate surface area is 120 Å². The zero-order chi connectivity index (χ0) is 14.4. The first-order valence-corrected chi connectivity index (χ1v) is 7.00. The summed E-state index contributed by atoms with van der Waals surface area (Å²) in [6.45, 7) is 4.00. The Morgan fingerprint density at radius 3 is 2.00 bits per heavy atom. The number of hydrogen-bond donors (Lipinski definition) is 0. The fourth-order valence-electron chi connectivity index (χ4n) is 2.16. The third-order valence-electron chi connectivity index (χ3n) is 3.15. The van der Waals surface area contributed by atoms with E-state index in [0.717, 1.165) is 5.75 Å². The summed E-state index contributed by atoms with van der Waals surface area (Å²) in [5, 5.41) is 2.44. The highest BCUT2D eigenvalue weighted by molar-refractivity contribution is 5.88. The molecular formula is C19H20O. The summed E-state index contributed by atoms with van der Waals surface area (Å²) >= 11 is 0. The van der Waals surface area contributed by atoms with Gasteiger partial charge in [0, 0.05) is 0 Å². The van der Waals surface area contributed by atoms with Crippen molar-refractivity contribution in [2.24, 2.45) is 0 Å². The average molecular weight is 264 g/mol. The zero-order valence-corrected chi connectivity index (χ0v) is 12.3. The van der Waals surface area contributed by atoms with Crippen molar-refractivity contribution in [2.75, 3.05) is 7.11 Å². The van der Waals surface area contributed by atoms with Crippen molar-refractivity contribution in [1.29, 1.82) is 0 Å². The minimum atomic E-state index is 0.898. The maximum atomic E-state index is 5.24. The van der Waals surface area contributed by atoms with E-state index in [1.54, 1.807) is 7.11 Å². The van der Waals surface area contributed by atoms with E-state index in [0.29, 0.717) is 0 Å². The lowest BCUT2D eigenvalue weighted by Gasteiger charge is -2.06. The van der Waals surface area contributed by atoms with Crippen LogP contribution in [0.25, 0.3) is 21.9 Å². The normalized spacial score (nSPS) is 9.75. The Morgan fingerprint density at radius 1 is 0.650 bits per heavy atom. The van der Waals surface area contributed by atoms with E-state index in [9.17, 15) is 0 Å². The van der Waals surface area contributed by atoms with Crippen molar-refractivity contribution in [2.45, 2.75) is 13.8 Å². The second kappa shape index (κ2) is 6.76. The Kier molecular flexibility index (Phi) is 4.78. The van der Waals surface area contributed by atoms with Gasteiger partial charge in [0.25, 0.3) is 0 Å². The van der Waals surface area contributed by atoms with Gasteiger partial charge >= 0.3 is 0 Å². The summed E-state index contributed by atoms with van der Waals surface area (Å²) in [4.78, 5) is 0. The molecular weight excluding hydrogens is 244 g/mol. The standard InChI is InChI=1S/C17H14O.C2H6/c1-18-17-10-9-15-11-14(7-8-16(15)12-17)13-5-3-2-4-6-13;1-2/h2-12H,1H3;1-2H3. The molecule has 0 aromatic heterocycles. The van der Waals surface area contributed by atoms with E-state index in [2.05, 4.69) is 54.6 Å². The molecule has 3 rings (SSSR count). The van der Waals surface area contributed by atoms with E-state index in [-0.39, 0.29) is 0 Å². The first-order chi connectivity index (χ1) is 9.86. The van der Waals surface area contributed by atoms with Crippen molar-refractivity contribution in [3.63, 3.8) is 0 Å². The molecule has 0 atom stereocenters. The average Bonchev–Trinajstić information content (AvgIpc) is 2.56. The number of fused-ring (bicyclic) bond motifs is 1. The van der Waals surface area contributed by atoms with E-state index in [4.69, 9.17) is 4.74 Å². The van der Waals surface area contributed by atoms with Crippen LogP contribution in [0, 0.1) is 0 Å². The Hall–Kier alpha value is -2.28. The van der Waals surface area contributed by atoms with Crippen LogP contribution >= 0.6 is 0 Å². The molecule has 3 aromatic carbocycles. The first-order valence-electron chi connectivity index (χ1n) is 7.00. The Balaban J connectivity index is 0.000000704. The molecule has 102 valence electrons. The largest absolute Gasteiger partial charge is 0.497 e. The minimum absolute atomic E-state index is 0.898. The highest BCUT2D eigenvalue weighted by Crippen LogP contribution is 2.26. The minimum Gasteiger partial charge on any atom is -0.497 e. The lowest BCUT2D eigenvalue weighted by Crippen LogP contribution is -1.83. The lowest BCUT2D eigenvalue weighted by atomic mass is 10.0. The van der Waals surface area contributed by atoms with Crippen LogP contribution in [-0.2, 0) is 0 Å². The van der Waals surface area contributed by atoms with Crippen LogP contribution in [0.1, 0.15) is 13.8 Å². The third kappa shape index (κ3) is 3.00. The van der Waals surface area contributed by atoms with Crippen LogP contribution in [0.15, 0.2) is 66.7 Å². The molecule has 0 saturated heterocycles.